The summed E-state index contributed by atoms with van der Waals surface area (Å²) >= 11 is 3.17. The van der Waals surface area contributed by atoms with Crippen LogP contribution in [0, 0.1) is 0 Å². The molecule has 0 aliphatic heterocycles. The molecule has 0 saturated carbocycles. The zero-order valence-corrected chi connectivity index (χ0v) is 15.1. The zero-order valence-electron chi connectivity index (χ0n) is 13.5. The zero-order chi connectivity index (χ0) is 18.4. The number of nitrogens with zero attached hydrogens (tertiary/aromatic N) is 3. The number of phenolic OH excluding ortho intramolecular Hbond substituents is 2. The van der Waals surface area contributed by atoms with E-state index >= 15 is 0 Å². The maximum atomic E-state index is 9.67. The van der Waals surface area contributed by atoms with E-state index in [0.717, 1.165) is 5.69 Å². The topological polar surface area (TPSA) is 90.1 Å². The Morgan fingerprint density at radius 3 is 2.50 bits per heavy atom. The molecule has 7 heteroatoms. The van der Waals surface area contributed by atoms with Gasteiger partial charge in [-0.2, -0.15) is 5.10 Å². The van der Waals surface area contributed by atoms with Gasteiger partial charge < -0.3 is 10.2 Å². The number of phenols is 2. The summed E-state index contributed by atoms with van der Waals surface area (Å²) < 4.78 is 0.377. The molecule has 0 radical (unpaired) electrons. The lowest BCUT2D eigenvalue weighted by Crippen LogP contribution is -2.20. The molecule has 6 nitrogen and oxygen atoms in total. The summed E-state index contributed by atoms with van der Waals surface area (Å²) in [6.07, 6.45) is 3.18. The molecule has 130 valence electrons. The van der Waals surface area contributed by atoms with Crippen molar-refractivity contribution in [3.8, 4) is 11.5 Å². The summed E-state index contributed by atoms with van der Waals surface area (Å²) in [6, 6.07) is 18.0. The van der Waals surface area contributed by atoms with Crippen molar-refractivity contribution in [1.29, 1.82) is 0 Å². The van der Waals surface area contributed by atoms with Gasteiger partial charge >= 0.3 is 0 Å². The highest BCUT2D eigenvalue weighted by molar-refractivity contribution is 9.10. The van der Waals surface area contributed by atoms with Crippen molar-refractivity contribution in [1.82, 2.24) is 10.4 Å². The second-order valence-corrected chi connectivity index (χ2v) is 6.11. The molecule has 0 aliphatic carbocycles. The van der Waals surface area contributed by atoms with Crippen LogP contribution in [0.25, 0.3) is 0 Å². The first-order chi connectivity index (χ1) is 12.6. The summed E-state index contributed by atoms with van der Waals surface area (Å²) in [6.45, 7) is 0. The fourth-order valence-electron chi connectivity index (χ4n) is 2.12. The average Bonchev–Trinajstić information content (AvgIpc) is 2.67. The summed E-state index contributed by atoms with van der Waals surface area (Å²) in [7, 11) is 0. The first-order valence-electron chi connectivity index (χ1n) is 7.69. The summed E-state index contributed by atoms with van der Waals surface area (Å²) in [5, 5.41) is 23.4. The number of halogens is 1. The number of rotatable bonds is 4. The van der Waals surface area contributed by atoms with Gasteiger partial charge in [0.05, 0.1) is 16.4 Å². The van der Waals surface area contributed by atoms with Crippen molar-refractivity contribution in [3.63, 3.8) is 0 Å². The molecule has 0 aliphatic rings. The lowest BCUT2D eigenvalue weighted by Gasteiger charge is -2.06. The SMILES string of the molecule is Oc1cc(/C=N/NC(=Nc2ccccc2)c2ccccn2)cc(Br)c1O. The number of aliphatic imine (C=N–C) groups is 1. The van der Waals surface area contributed by atoms with Gasteiger partial charge in [-0.05, 0) is 57.9 Å². The van der Waals surface area contributed by atoms with Gasteiger partial charge in [-0.25, -0.2) is 4.99 Å². The number of hydrogen-bond donors (Lipinski definition) is 3. The van der Waals surface area contributed by atoms with Crippen LogP contribution < -0.4 is 5.43 Å². The number of hydrazone groups is 1. The van der Waals surface area contributed by atoms with Crippen molar-refractivity contribution >= 4 is 33.7 Å². The van der Waals surface area contributed by atoms with Crippen molar-refractivity contribution < 1.29 is 10.2 Å². The van der Waals surface area contributed by atoms with Crippen LogP contribution in [0.1, 0.15) is 11.3 Å². The number of para-hydroxylation sites is 1. The standard InChI is InChI=1S/C19H15BrN4O2/c20-15-10-13(11-17(25)18(15)26)12-22-24-19(16-8-4-5-9-21-16)23-14-6-2-1-3-7-14/h1-12,25-26H,(H,23,24)/b22-12+. The Hall–Kier alpha value is -3.19. The van der Waals surface area contributed by atoms with Crippen molar-refractivity contribution in [2.45, 2.75) is 0 Å². The molecule has 3 aromatic rings. The van der Waals surface area contributed by atoms with E-state index < -0.39 is 0 Å². The molecule has 1 aromatic heterocycles. The lowest BCUT2D eigenvalue weighted by atomic mass is 10.2. The minimum absolute atomic E-state index is 0.213. The predicted molar refractivity (Wildman–Crippen MR) is 105 cm³/mol. The van der Waals surface area contributed by atoms with Crippen molar-refractivity contribution in [2.24, 2.45) is 10.1 Å². The highest BCUT2D eigenvalue weighted by atomic mass is 79.9. The van der Waals surface area contributed by atoms with Gasteiger partial charge in [-0.1, -0.05) is 24.3 Å². The Labute approximate surface area is 158 Å². The van der Waals surface area contributed by atoms with E-state index in [0.29, 0.717) is 21.6 Å². The fraction of sp³-hybridized carbons (Fsp3) is 0. The number of aromatic hydroxyl groups is 2. The number of nitrogens with one attached hydrogen (secondary N) is 1. The molecule has 0 saturated heterocycles. The number of pyridine rings is 1. The van der Waals surface area contributed by atoms with E-state index in [1.165, 1.54) is 12.3 Å². The smallest absolute Gasteiger partial charge is 0.172 e. The molecule has 0 bridgehead atoms. The van der Waals surface area contributed by atoms with Crippen molar-refractivity contribution in [3.05, 3.63) is 82.6 Å². The van der Waals surface area contributed by atoms with Gasteiger partial charge in [0.25, 0.3) is 0 Å². The van der Waals surface area contributed by atoms with Gasteiger partial charge in [-0.15, -0.1) is 0 Å². The number of benzene rings is 2. The molecular weight excluding hydrogens is 396 g/mol. The van der Waals surface area contributed by atoms with E-state index in [9.17, 15) is 10.2 Å². The largest absolute Gasteiger partial charge is 0.504 e. The van der Waals surface area contributed by atoms with Crippen LogP contribution >= 0.6 is 15.9 Å². The summed E-state index contributed by atoms with van der Waals surface area (Å²) in [5.74, 6) is 0.0359. The minimum Gasteiger partial charge on any atom is -0.504 e. The first kappa shape index (κ1) is 17.6. The lowest BCUT2D eigenvalue weighted by molar-refractivity contribution is 0.401. The molecular formula is C19H15BrN4O2. The Bertz CT molecular complexity index is 921. The highest BCUT2D eigenvalue weighted by Crippen LogP contribution is 2.33. The molecule has 1 heterocycles. The maximum Gasteiger partial charge on any atom is 0.172 e. The molecule has 0 atom stereocenters. The van der Waals surface area contributed by atoms with Crippen LogP contribution in [0.2, 0.25) is 0 Å². The minimum atomic E-state index is -0.233. The van der Waals surface area contributed by atoms with E-state index in [1.54, 1.807) is 12.3 Å². The Kier molecular flexibility index (Phi) is 5.60. The molecule has 3 N–H and O–H groups in total. The normalized spacial score (nSPS) is 11.7. The van der Waals surface area contributed by atoms with Gasteiger partial charge in [-0.3, -0.25) is 10.4 Å². The molecule has 26 heavy (non-hydrogen) atoms. The highest BCUT2D eigenvalue weighted by Gasteiger charge is 2.06. The van der Waals surface area contributed by atoms with Crippen LogP contribution in [-0.2, 0) is 0 Å². The first-order valence-corrected chi connectivity index (χ1v) is 8.48. The monoisotopic (exact) mass is 410 g/mol. The van der Waals surface area contributed by atoms with E-state index in [-0.39, 0.29) is 11.5 Å². The summed E-state index contributed by atoms with van der Waals surface area (Å²) in [5.41, 5.74) is 4.89. The van der Waals surface area contributed by atoms with Crippen LogP contribution in [0.15, 0.2) is 81.4 Å². The second-order valence-electron chi connectivity index (χ2n) is 5.25. The Morgan fingerprint density at radius 1 is 1.04 bits per heavy atom. The van der Waals surface area contributed by atoms with E-state index in [4.69, 9.17) is 0 Å². The summed E-state index contributed by atoms with van der Waals surface area (Å²) in [4.78, 5) is 8.83. The number of aromatic nitrogens is 1. The van der Waals surface area contributed by atoms with Crippen LogP contribution in [-0.4, -0.2) is 27.2 Å². The molecule has 0 unspecified atom stereocenters. The average molecular weight is 411 g/mol. The predicted octanol–water partition coefficient (Wildman–Crippen LogP) is 3.96. The van der Waals surface area contributed by atoms with Gasteiger partial charge in [0, 0.05) is 6.20 Å². The molecule has 3 rings (SSSR count). The van der Waals surface area contributed by atoms with Crippen LogP contribution in [0.4, 0.5) is 5.69 Å². The number of hydrogen-bond acceptors (Lipinski definition) is 5. The quantitative estimate of drug-likeness (QED) is 0.262. The maximum absolute atomic E-state index is 9.67. The van der Waals surface area contributed by atoms with E-state index in [2.05, 4.69) is 36.4 Å². The third-order valence-corrected chi connectivity index (χ3v) is 3.96. The Balaban J connectivity index is 1.86. The van der Waals surface area contributed by atoms with Crippen LogP contribution in [0.3, 0.4) is 0 Å². The van der Waals surface area contributed by atoms with Gasteiger partial charge in [0.15, 0.2) is 17.3 Å². The second kappa shape index (κ2) is 8.26. The third-order valence-electron chi connectivity index (χ3n) is 3.35. The van der Waals surface area contributed by atoms with Gasteiger partial charge in [0.1, 0.15) is 5.69 Å². The third kappa shape index (κ3) is 4.46. The molecule has 0 spiro atoms. The Morgan fingerprint density at radius 2 is 1.81 bits per heavy atom. The van der Waals surface area contributed by atoms with E-state index in [1.807, 2.05) is 48.5 Å². The van der Waals surface area contributed by atoms with Crippen LogP contribution in [0.5, 0.6) is 11.5 Å². The fourth-order valence-corrected chi connectivity index (χ4v) is 2.59. The molecule has 2 aromatic carbocycles. The molecule has 0 amide bonds. The van der Waals surface area contributed by atoms with Gasteiger partial charge in [0.2, 0.25) is 0 Å². The molecule has 0 fully saturated rings. The number of amidine groups is 1. The van der Waals surface area contributed by atoms with Crippen molar-refractivity contribution in [2.75, 3.05) is 0 Å².